The van der Waals surface area contributed by atoms with Crippen LogP contribution in [0.15, 0.2) is 42.5 Å². The first-order valence-electron chi connectivity index (χ1n) is 6.15. The predicted octanol–water partition coefficient (Wildman–Crippen LogP) is 3.04. The molecule has 0 heterocycles. The number of benzene rings is 2. The predicted molar refractivity (Wildman–Crippen MR) is 81.7 cm³/mol. The van der Waals surface area contributed by atoms with Crippen LogP contribution in [0.25, 0.3) is 0 Å². The normalized spacial score (nSPS) is 9.67. The van der Waals surface area contributed by atoms with Crippen LogP contribution in [0.1, 0.15) is 15.9 Å². The van der Waals surface area contributed by atoms with Gasteiger partial charge in [-0.15, -0.1) is 0 Å². The van der Waals surface area contributed by atoms with E-state index in [0.717, 1.165) is 11.6 Å². The van der Waals surface area contributed by atoms with E-state index < -0.39 is 5.82 Å². The molecule has 0 fully saturated rings. The molecule has 2 aromatic carbocycles. The zero-order valence-electron chi connectivity index (χ0n) is 11.0. The number of hydrogen-bond acceptors (Lipinski definition) is 2. The van der Waals surface area contributed by atoms with Crippen molar-refractivity contribution in [2.45, 2.75) is 0 Å². The van der Waals surface area contributed by atoms with Gasteiger partial charge in [0.05, 0.1) is 11.6 Å². The Hall–Kier alpha value is -2.35. The molecule has 0 aliphatic carbocycles. The Morgan fingerprint density at radius 1 is 1.29 bits per heavy atom. The van der Waals surface area contributed by atoms with Crippen LogP contribution in [0.3, 0.4) is 0 Å². The van der Waals surface area contributed by atoms with Crippen LogP contribution in [-0.4, -0.2) is 12.5 Å². The van der Waals surface area contributed by atoms with E-state index in [1.54, 1.807) is 18.2 Å². The smallest absolute Gasteiger partial charge is 0.255 e. The quantitative estimate of drug-likeness (QED) is 0.838. The Bertz CT molecular complexity index is 735. The molecule has 0 radical (unpaired) electrons. The minimum absolute atomic E-state index is 0.0924. The van der Waals surface area contributed by atoms with Crippen LogP contribution in [0, 0.1) is 17.7 Å². The average molecular weight is 303 g/mol. The van der Waals surface area contributed by atoms with Gasteiger partial charge in [-0.05, 0) is 36.4 Å². The van der Waals surface area contributed by atoms with E-state index in [9.17, 15) is 9.18 Å². The summed E-state index contributed by atoms with van der Waals surface area (Å²) in [5, 5.41) is 2.61. The molecule has 3 N–H and O–H groups in total. The monoisotopic (exact) mass is 302 g/mol. The molecule has 1 amide bonds. The first-order chi connectivity index (χ1) is 10.1. The highest BCUT2D eigenvalue weighted by molar-refractivity contribution is 6.31. The van der Waals surface area contributed by atoms with Gasteiger partial charge in [0.1, 0.15) is 5.82 Å². The molecule has 0 aliphatic rings. The number of hydrogen-bond donors (Lipinski definition) is 2. The minimum Gasteiger partial charge on any atom is -0.322 e. The molecule has 0 spiro atoms. The summed E-state index contributed by atoms with van der Waals surface area (Å²) in [6.45, 7) is 0.269. The molecule has 21 heavy (non-hydrogen) atoms. The summed E-state index contributed by atoms with van der Waals surface area (Å²) in [6, 6.07) is 10.8. The number of nitrogens with one attached hydrogen (secondary N) is 1. The Balaban J connectivity index is 2.17. The maximum atomic E-state index is 13.1. The molecular formula is C16H12ClFN2O. The topological polar surface area (TPSA) is 55.1 Å². The third kappa shape index (κ3) is 4.06. The van der Waals surface area contributed by atoms with Gasteiger partial charge in [-0.2, -0.15) is 0 Å². The van der Waals surface area contributed by atoms with E-state index in [0.29, 0.717) is 5.69 Å². The van der Waals surface area contributed by atoms with Crippen LogP contribution in [0.2, 0.25) is 5.02 Å². The highest BCUT2D eigenvalue weighted by Crippen LogP contribution is 2.17. The summed E-state index contributed by atoms with van der Waals surface area (Å²) in [5.41, 5.74) is 6.92. The fourth-order valence-electron chi connectivity index (χ4n) is 1.67. The maximum absolute atomic E-state index is 13.1. The number of rotatable bonds is 2. The molecule has 3 nitrogen and oxygen atoms in total. The summed E-state index contributed by atoms with van der Waals surface area (Å²) in [4.78, 5) is 12.1. The van der Waals surface area contributed by atoms with Crippen molar-refractivity contribution in [1.82, 2.24) is 0 Å². The fourth-order valence-corrected chi connectivity index (χ4v) is 1.85. The van der Waals surface area contributed by atoms with E-state index in [2.05, 4.69) is 17.2 Å². The number of anilines is 1. The second-order valence-electron chi connectivity index (χ2n) is 4.17. The first kappa shape index (κ1) is 15.0. The van der Waals surface area contributed by atoms with Crippen molar-refractivity contribution in [3.63, 3.8) is 0 Å². The first-order valence-corrected chi connectivity index (χ1v) is 6.53. The van der Waals surface area contributed by atoms with E-state index in [4.69, 9.17) is 17.3 Å². The lowest BCUT2D eigenvalue weighted by Crippen LogP contribution is -2.12. The van der Waals surface area contributed by atoms with E-state index in [1.807, 2.05) is 6.07 Å². The zero-order chi connectivity index (χ0) is 15.2. The molecule has 2 rings (SSSR count). The van der Waals surface area contributed by atoms with Gasteiger partial charge in [0.25, 0.3) is 5.91 Å². The molecular weight excluding hydrogens is 291 g/mol. The Kier molecular flexibility index (Phi) is 4.94. The van der Waals surface area contributed by atoms with Crippen molar-refractivity contribution in [2.75, 3.05) is 11.9 Å². The summed E-state index contributed by atoms with van der Waals surface area (Å²) in [6.07, 6.45) is 0. The third-order valence-electron chi connectivity index (χ3n) is 2.64. The van der Waals surface area contributed by atoms with Gasteiger partial charge in [-0.3, -0.25) is 4.79 Å². The van der Waals surface area contributed by atoms with Crippen molar-refractivity contribution in [2.24, 2.45) is 5.73 Å². The van der Waals surface area contributed by atoms with Gasteiger partial charge in [-0.1, -0.05) is 29.5 Å². The minimum atomic E-state index is -0.563. The van der Waals surface area contributed by atoms with Gasteiger partial charge in [-0.25, -0.2) is 4.39 Å². The zero-order valence-corrected chi connectivity index (χ0v) is 11.7. The van der Waals surface area contributed by atoms with Crippen LogP contribution in [0.5, 0.6) is 0 Å². The molecule has 0 bridgehead atoms. The fraction of sp³-hybridized carbons (Fsp3) is 0.0625. The van der Waals surface area contributed by atoms with Gasteiger partial charge >= 0.3 is 0 Å². The second-order valence-corrected chi connectivity index (χ2v) is 4.58. The molecule has 0 unspecified atom stereocenters. The van der Waals surface area contributed by atoms with Gasteiger partial charge in [0, 0.05) is 16.8 Å². The Morgan fingerprint density at radius 2 is 2.10 bits per heavy atom. The van der Waals surface area contributed by atoms with Crippen LogP contribution in [-0.2, 0) is 0 Å². The average Bonchev–Trinajstić information content (AvgIpc) is 2.48. The van der Waals surface area contributed by atoms with Crippen molar-refractivity contribution >= 4 is 23.2 Å². The lowest BCUT2D eigenvalue weighted by atomic mass is 10.1. The third-order valence-corrected chi connectivity index (χ3v) is 2.93. The summed E-state index contributed by atoms with van der Waals surface area (Å²) < 4.78 is 13.1. The van der Waals surface area contributed by atoms with Gasteiger partial charge < -0.3 is 11.1 Å². The number of carbonyl (C=O) groups excluding carboxylic acids is 1. The van der Waals surface area contributed by atoms with Gasteiger partial charge in [0.2, 0.25) is 0 Å². The van der Waals surface area contributed by atoms with E-state index >= 15 is 0 Å². The number of amides is 1. The highest BCUT2D eigenvalue weighted by atomic mass is 35.5. The Morgan fingerprint density at radius 3 is 2.81 bits per heavy atom. The molecule has 5 heteroatoms. The molecule has 106 valence electrons. The van der Waals surface area contributed by atoms with Crippen molar-refractivity contribution < 1.29 is 9.18 Å². The van der Waals surface area contributed by atoms with Crippen molar-refractivity contribution in [3.8, 4) is 11.8 Å². The lowest BCUT2D eigenvalue weighted by Gasteiger charge is -2.06. The standard InChI is InChI=1S/C16H12ClFN2O/c17-14-10-12(6-7-15(14)18)16(21)20-13-5-1-3-11(9-13)4-2-8-19/h1,3,5-7,9-10H,8,19H2,(H,20,21). The number of nitrogens with two attached hydrogens (primary N) is 1. The molecule has 0 aliphatic heterocycles. The Labute approximate surface area is 126 Å². The second kappa shape index (κ2) is 6.89. The maximum Gasteiger partial charge on any atom is 0.255 e. The largest absolute Gasteiger partial charge is 0.322 e. The lowest BCUT2D eigenvalue weighted by molar-refractivity contribution is 0.102. The number of carbonyl (C=O) groups is 1. The van der Waals surface area contributed by atoms with E-state index in [-0.39, 0.29) is 23.0 Å². The molecule has 0 aromatic heterocycles. The molecule has 0 atom stereocenters. The van der Waals surface area contributed by atoms with Crippen molar-refractivity contribution in [1.29, 1.82) is 0 Å². The molecule has 2 aromatic rings. The van der Waals surface area contributed by atoms with Crippen molar-refractivity contribution in [3.05, 3.63) is 64.4 Å². The summed E-state index contributed by atoms with van der Waals surface area (Å²) in [7, 11) is 0. The highest BCUT2D eigenvalue weighted by Gasteiger charge is 2.09. The summed E-state index contributed by atoms with van der Waals surface area (Å²) >= 11 is 5.66. The SMILES string of the molecule is NCC#Cc1cccc(NC(=O)c2ccc(F)c(Cl)c2)c1. The van der Waals surface area contributed by atoms with Crippen LogP contribution in [0.4, 0.5) is 10.1 Å². The van der Waals surface area contributed by atoms with Crippen LogP contribution < -0.4 is 11.1 Å². The van der Waals surface area contributed by atoms with E-state index in [1.165, 1.54) is 12.1 Å². The molecule has 0 saturated heterocycles. The van der Waals surface area contributed by atoms with Gasteiger partial charge in [0.15, 0.2) is 0 Å². The molecule has 0 saturated carbocycles. The van der Waals surface area contributed by atoms with Crippen LogP contribution >= 0.6 is 11.6 Å². The summed E-state index contributed by atoms with van der Waals surface area (Å²) in [5.74, 6) is 4.68. The number of halogens is 2.